The zero-order valence-corrected chi connectivity index (χ0v) is 11.8. The SMILES string of the molecule is CC1CN(C(=O)c2ccc(C(N)=S)cc2)CCCO1. The van der Waals surface area contributed by atoms with Crippen molar-refractivity contribution in [3.05, 3.63) is 35.4 Å². The number of carbonyl (C=O) groups is 1. The van der Waals surface area contributed by atoms with Gasteiger partial charge in [0.1, 0.15) is 4.99 Å². The average Bonchev–Trinajstić information content (AvgIpc) is 2.62. The molecule has 2 rings (SSSR count). The maximum atomic E-state index is 12.4. The third kappa shape index (κ3) is 3.52. The van der Waals surface area contributed by atoms with Gasteiger partial charge in [0.25, 0.3) is 5.91 Å². The van der Waals surface area contributed by atoms with Crippen LogP contribution in [0.2, 0.25) is 0 Å². The molecule has 1 heterocycles. The summed E-state index contributed by atoms with van der Waals surface area (Å²) in [5.41, 5.74) is 6.98. The van der Waals surface area contributed by atoms with Crippen LogP contribution in [0, 0.1) is 0 Å². The normalized spacial score (nSPS) is 19.8. The number of carbonyl (C=O) groups excluding carboxylic acids is 1. The molecule has 0 radical (unpaired) electrons. The molecular formula is C14H18N2O2S. The van der Waals surface area contributed by atoms with Crippen molar-refractivity contribution in [1.29, 1.82) is 0 Å². The molecule has 1 saturated heterocycles. The average molecular weight is 278 g/mol. The van der Waals surface area contributed by atoms with Gasteiger partial charge in [-0.2, -0.15) is 0 Å². The zero-order chi connectivity index (χ0) is 13.8. The third-order valence-corrected chi connectivity index (χ3v) is 3.39. The van der Waals surface area contributed by atoms with E-state index < -0.39 is 0 Å². The van der Waals surface area contributed by atoms with Gasteiger partial charge in [-0.25, -0.2) is 0 Å². The van der Waals surface area contributed by atoms with Crippen molar-refractivity contribution in [2.45, 2.75) is 19.4 Å². The first-order valence-electron chi connectivity index (χ1n) is 6.38. The van der Waals surface area contributed by atoms with Crippen molar-refractivity contribution in [2.24, 2.45) is 5.73 Å². The predicted octanol–water partition coefficient (Wildman–Crippen LogP) is 1.57. The van der Waals surface area contributed by atoms with Gasteiger partial charge in [-0.3, -0.25) is 4.79 Å². The van der Waals surface area contributed by atoms with E-state index in [2.05, 4.69) is 0 Å². The number of hydrogen-bond acceptors (Lipinski definition) is 3. The van der Waals surface area contributed by atoms with Crippen molar-refractivity contribution >= 4 is 23.1 Å². The molecule has 1 aliphatic rings. The van der Waals surface area contributed by atoms with Crippen LogP contribution in [0.15, 0.2) is 24.3 Å². The highest BCUT2D eigenvalue weighted by molar-refractivity contribution is 7.80. The number of nitrogens with zero attached hydrogens (tertiary/aromatic N) is 1. The highest BCUT2D eigenvalue weighted by Crippen LogP contribution is 2.12. The highest BCUT2D eigenvalue weighted by atomic mass is 32.1. The maximum absolute atomic E-state index is 12.4. The van der Waals surface area contributed by atoms with Gasteiger partial charge in [-0.05, 0) is 25.5 Å². The van der Waals surface area contributed by atoms with Crippen LogP contribution < -0.4 is 5.73 Å². The summed E-state index contributed by atoms with van der Waals surface area (Å²) in [6.07, 6.45) is 0.962. The van der Waals surface area contributed by atoms with Gasteiger partial charge < -0.3 is 15.4 Å². The quantitative estimate of drug-likeness (QED) is 0.834. The largest absolute Gasteiger partial charge is 0.389 e. The molecule has 19 heavy (non-hydrogen) atoms. The van der Waals surface area contributed by atoms with E-state index in [0.717, 1.165) is 18.5 Å². The number of ether oxygens (including phenoxy) is 1. The topological polar surface area (TPSA) is 55.6 Å². The van der Waals surface area contributed by atoms with Gasteiger partial charge >= 0.3 is 0 Å². The molecule has 0 bridgehead atoms. The van der Waals surface area contributed by atoms with Crippen LogP contribution in [0.3, 0.4) is 0 Å². The van der Waals surface area contributed by atoms with Gasteiger partial charge in [0.05, 0.1) is 6.10 Å². The second kappa shape index (κ2) is 6.12. The number of hydrogen-bond donors (Lipinski definition) is 1. The van der Waals surface area contributed by atoms with E-state index in [-0.39, 0.29) is 12.0 Å². The monoisotopic (exact) mass is 278 g/mol. The van der Waals surface area contributed by atoms with E-state index in [0.29, 0.717) is 23.7 Å². The molecule has 1 aromatic carbocycles. The summed E-state index contributed by atoms with van der Waals surface area (Å²) in [4.78, 5) is 14.6. The van der Waals surface area contributed by atoms with E-state index in [9.17, 15) is 4.79 Å². The van der Waals surface area contributed by atoms with E-state index in [4.69, 9.17) is 22.7 Å². The molecule has 4 nitrogen and oxygen atoms in total. The molecule has 102 valence electrons. The number of thiocarbonyl (C=S) groups is 1. The molecule has 0 saturated carbocycles. The minimum absolute atomic E-state index is 0.0341. The lowest BCUT2D eigenvalue weighted by molar-refractivity contribution is 0.0563. The number of nitrogens with two attached hydrogens (primary N) is 1. The minimum Gasteiger partial charge on any atom is -0.389 e. The van der Waals surface area contributed by atoms with Crippen molar-refractivity contribution in [3.8, 4) is 0 Å². The molecule has 0 aromatic heterocycles. The predicted molar refractivity (Wildman–Crippen MR) is 78.3 cm³/mol. The summed E-state index contributed by atoms with van der Waals surface area (Å²) in [5.74, 6) is 0.0341. The highest BCUT2D eigenvalue weighted by Gasteiger charge is 2.20. The molecule has 1 aromatic rings. The van der Waals surface area contributed by atoms with E-state index >= 15 is 0 Å². The second-order valence-corrected chi connectivity index (χ2v) is 5.17. The third-order valence-electron chi connectivity index (χ3n) is 3.16. The zero-order valence-electron chi connectivity index (χ0n) is 11.0. The molecule has 0 aliphatic carbocycles. The second-order valence-electron chi connectivity index (χ2n) is 4.73. The summed E-state index contributed by atoms with van der Waals surface area (Å²) in [7, 11) is 0. The first kappa shape index (κ1) is 14.0. The lowest BCUT2D eigenvalue weighted by Crippen LogP contribution is -2.35. The van der Waals surface area contributed by atoms with Gasteiger partial charge in [0, 0.05) is 30.8 Å². The first-order valence-corrected chi connectivity index (χ1v) is 6.79. The van der Waals surface area contributed by atoms with Crippen LogP contribution in [-0.4, -0.2) is 41.6 Å². The van der Waals surface area contributed by atoms with Crippen LogP contribution in [0.4, 0.5) is 0 Å². The smallest absolute Gasteiger partial charge is 0.253 e. The fourth-order valence-corrected chi connectivity index (χ4v) is 2.27. The molecule has 1 unspecified atom stereocenters. The maximum Gasteiger partial charge on any atom is 0.253 e. The Balaban J connectivity index is 2.11. The molecule has 0 spiro atoms. The summed E-state index contributed by atoms with van der Waals surface area (Å²) in [5, 5.41) is 0. The van der Waals surface area contributed by atoms with E-state index in [1.54, 1.807) is 24.3 Å². The Morgan fingerprint density at radius 2 is 2.00 bits per heavy atom. The standard InChI is InChI=1S/C14H18N2O2S/c1-10-9-16(7-2-8-18-10)14(17)12-5-3-11(4-6-12)13(15)19/h3-6,10H,2,7-9H2,1H3,(H2,15,19). The molecule has 1 amide bonds. The molecule has 1 fully saturated rings. The fraction of sp³-hybridized carbons (Fsp3) is 0.429. The summed E-state index contributed by atoms with van der Waals surface area (Å²) in [6.45, 7) is 4.07. The summed E-state index contributed by atoms with van der Waals surface area (Å²) >= 11 is 4.90. The molecule has 1 atom stereocenters. The van der Waals surface area contributed by atoms with Gasteiger partial charge in [-0.15, -0.1) is 0 Å². The summed E-state index contributed by atoms with van der Waals surface area (Å²) < 4.78 is 5.54. The Labute approximate surface area is 118 Å². The molecule has 2 N–H and O–H groups in total. The molecular weight excluding hydrogens is 260 g/mol. The van der Waals surface area contributed by atoms with Crippen LogP contribution in [0.25, 0.3) is 0 Å². The lowest BCUT2D eigenvalue weighted by Gasteiger charge is -2.22. The summed E-state index contributed by atoms with van der Waals surface area (Å²) in [6, 6.07) is 7.11. The number of amides is 1. The van der Waals surface area contributed by atoms with Gasteiger partial charge in [-0.1, -0.05) is 24.4 Å². The molecule has 1 aliphatic heterocycles. The Hall–Kier alpha value is -1.46. The number of rotatable bonds is 2. The van der Waals surface area contributed by atoms with Crippen molar-refractivity contribution < 1.29 is 9.53 Å². The Kier molecular flexibility index (Phi) is 4.50. The lowest BCUT2D eigenvalue weighted by atomic mass is 10.1. The van der Waals surface area contributed by atoms with E-state index in [1.807, 2.05) is 11.8 Å². The minimum atomic E-state index is 0.0341. The van der Waals surface area contributed by atoms with Crippen LogP contribution in [0.5, 0.6) is 0 Å². The Morgan fingerprint density at radius 3 is 2.63 bits per heavy atom. The first-order chi connectivity index (χ1) is 9.08. The fourth-order valence-electron chi connectivity index (χ4n) is 2.14. The van der Waals surface area contributed by atoms with Crippen molar-refractivity contribution in [2.75, 3.05) is 19.7 Å². The van der Waals surface area contributed by atoms with E-state index in [1.165, 1.54) is 0 Å². The number of benzene rings is 1. The van der Waals surface area contributed by atoms with Gasteiger partial charge in [0.2, 0.25) is 0 Å². The Bertz CT molecular complexity index is 473. The molecule has 5 heteroatoms. The van der Waals surface area contributed by atoms with Crippen molar-refractivity contribution in [1.82, 2.24) is 4.90 Å². The Morgan fingerprint density at radius 1 is 1.37 bits per heavy atom. The van der Waals surface area contributed by atoms with Crippen LogP contribution in [0.1, 0.15) is 29.3 Å². The van der Waals surface area contributed by atoms with Crippen LogP contribution in [-0.2, 0) is 4.74 Å². The van der Waals surface area contributed by atoms with Crippen molar-refractivity contribution in [3.63, 3.8) is 0 Å². The van der Waals surface area contributed by atoms with Crippen LogP contribution >= 0.6 is 12.2 Å². The van der Waals surface area contributed by atoms with Gasteiger partial charge in [0.15, 0.2) is 0 Å².